The molecule has 0 bridgehead atoms. The zero-order chi connectivity index (χ0) is 11.3. The Morgan fingerprint density at radius 2 is 2.20 bits per heavy atom. The predicted octanol–water partition coefficient (Wildman–Crippen LogP) is 1.63. The monoisotopic (exact) mass is 212 g/mol. The summed E-state index contributed by atoms with van der Waals surface area (Å²) < 4.78 is 0. The van der Waals surface area contributed by atoms with Gasteiger partial charge in [-0.2, -0.15) is 0 Å². The standard InChI is InChI=1S/C12H24N2O/c1-4-8-14(5-2)12(15)11-9-10(3)6-7-13-11/h10-11,13H,4-9H2,1-3H3. The molecule has 1 rings (SSSR count). The molecule has 1 heterocycles. The SMILES string of the molecule is CCCN(CC)C(=O)C1CC(C)CCN1. The molecule has 1 saturated heterocycles. The highest BCUT2D eigenvalue weighted by Crippen LogP contribution is 2.16. The second-order valence-electron chi connectivity index (χ2n) is 4.55. The molecule has 0 aromatic carbocycles. The van der Waals surface area contributed by atoms with Crippen LogP contribution in [0.5, 0.6) is 0 Å². The van der Waals surface area contributed by atoms with Crippen LogP contribution < -0.4 is 5.32 Å². The van der Waals surface area contributed by atoms with E-state index in [1.165, 1.54) is 6.42 Å². The lowest BCUT2D eigenvalue weighted by atomic mass is 9.93. The fourth-order valence-electron chi connectivity index (χ4n) is 2.21. The van der Waals surface area contributed by atoms with Crippen molar-refractivity contribution in [2.45, 2.75) is 46.1 Å². The number of hydrogen-bond acceptors (Lipinski definition) is 2. The van der Waals surface area contributed by atoms with Gasteiger partial charge in [0.25, 0.3) is 0 Å². The molecule has 1 amide bonds. The van der Waals surface area contributed by atoms with Gasteiger partial charge in [0, 0.05) is 13.1 Å². The van der Waals surface area contributed by atoms with Crippen molar-refractivity contribution >= 4 is 5.91 Å². The zero-order valence-corrected chi connectivity index (χ0v) is 10.3. The summed E-state index contributed by atoms with van der Waals surface area (Å²) in [4.78, 5) is 14.1. The number of likely N-dealkylation sites (N-methyl/N-ethyl adjacent to an activating group) is 1. The molecule has 1 fully saturated rings. The minimum absolute atomic E-state index is 0.0697. The van der Waals surface area contributed by atoms with E-state index in [9.17, 15) is 4.79 Å². The maximum Gasteiger partial charge on any atom is 0.239 e. The number of nitrogens with one attached hydrogen (secondary N) is 1. The third kappa shape index (κ3) is 3.49. The Hall–Kier alpha value is -0.570. The largest absolute Gasteiger partial charge is 0.342 e. The van der Waals surface area contributed by atoms with Gasteiger partial charge < -0.3 is 10.2 Å². The van der Waals surface area contributed by atoms with Gasteiger partial charge in [0.2, 0.25) is 5.91 Å². The smallest absolute Gasteiger partial charge is 0.239 e. The van der Waals surface area contributed by atoms with Crippen molar-refractivity contribution in [2.75, 3.05) is 19.6 Å². The maximum absolute atomic E-state index is 12.1. The van der Waals surface area contributed by atoms with Crippen molar-refractivity contribution in [3.05, 3.63) is 0 Å². The molecule has 1 N–H and O–H groups in total. The van der Waals surface area contributed by atoms with Crippen LogP contribution >= 0.6 is 0 Å². The van der Waals surface area contributed by atoms with E-state index >= 15 is 0 Å². The lowest BCUT2D eigenvalue weighted by molar-refractivity contribution is -0.134. The predicted molar refractivity (Wildman–Crippen MR) is 62.7 cm³/mol. The number of amides is 1. The van der Waals surface area contributed by atoms with Crippen LogP contribution in [-0.2, 0) is 4.79 Å². The quantitative estimate of drug-likeness (QED) is 0.768. The van der Waals surface area contributed by atoms with Crippen LogP contribution in [0, 0.1) is 5.92 Å². The highest BCUT2D eigenvalue weighted by atomic mass is 16.2. The Balaban J connectivity index is 2.49. The van der Waals surface area contributed by atoms with Gasteiger partial charge in [-0.25, -0.2) is 0 Å². The van der Waals surface area contributed by atoms with E-state index < -0.39 is 0 Å². The third-order valence-electron chi connectivity index (χ3n) is 3.15. The van der Waals surface area contributed by atoms with Crippen LogP contribution in [0.4, 0.5) is 0 Å². The molecule has 3 heteroatoms. The number of nitrogens with zero attached hydrogens (tertiary/aromatic N) is 1. The summed E-state index contributed by atoms with van der Waals surface area (Å²) in [6.45, 7) is 9.12. The molecule has 1 aliphatic rings. The van der Waals surface area contributed by atoms with Crippen LogP contribution in [0.3, 0.4) is 0 Å². The van der Waals surface area contributed by atoms with E-state index in [1.807, 2.05) is 4.90 Å². The summed E-state index contributed by atoms with van der Waals surface area (Å²) in [5, 5.41) is 3.33. The summed E-state index contributed by atoms with van der Waals surface area (Å²) in [7, 11) is 0. The van der Waals surface area contributed by atoms with Crippen LogP contribution in [0.15, 0.2) is 0 Å². The van der Waals surface area contributed by atoms with E-state index in [0.29, 0.717) is 11.8 Å². The van der Waals surface area contributed by atoms with Crippen molar-refractivity contribution in [1.29, 1.82) is 0 Å². The molecule has 0 aromatic heterocycles. The molecule has 0 aliphatic carbocycles. The highest BCUT2D eigenvalue weighted by molar-refractivity contribution is 5.82. The van der Waals surface area contributed by atoms with E-state index in [2.05, 4.69) is 26.1 Å². The summed E-state index contributed by atoms with van der Waals surface area (Å²) in [5.74, 6) is 0.978. The van der Waals surface area contributed by atoms with Gasteiger partial charge in [0.1, 0.15) is 0 Å². The number of carbonyl (C=O) groups is 1. The molecule has 0 radical (unpaired) electrons. The Morgan fingerprint density at radius 3 is 2.73 bits per heavy atom. The van der Waals surface area contributed by atoms with Gasteiger partial charge in [0.15, 0.2) is 0 Å². The van der Waals surface area contributed by atoms with Crippen molar-refractivity contribution in [3.8, 4) is 0 Å². The molecular formula is C12H24N2O. The first kappa shape index (κ1) is 12.5. The van der Waals surface area contributed by atoms with Gasteiger partial charge in [0.05, 0.1) is 6.04 Å². The lowest BCUT2D eigenvalue weighted by Gasteiger charge is -2.31. The van der Waals surface area contributed by atoms with Crippen molar-refractivity contribution in [3.63, 3.8) is 0 Å². The number of carbonyl (C=O) groups excluding carboxylic acids is 1. The first-order valence-corrected chi connectivity index (χ1v) is 6.21. The average Bonchev–Trinajstić information content (AvgIpc) is 2.25. The van der Waals surface area contributed by atoms with E-state index in [4.69, 9.17) is 0 Å². The molecule has 15 heavy (non-hydrogen) atoms. The molecule has 2 unspecified atom stereocenters. The molecule has 0 saturated carbocycles. The van der Waals surface area contributed by atoms with E-state index in [1.54, 1.807) is 0 Å². The fraction of sp³-hybridized carbons (Fsp3) is 0.917. The van der Waals surface area contributed by atoms with Crippen LogP contribution in [-0.4, -0.2) is 36.5 Å². The molecule has 0 aromatic rings. The Kier molecular flexibility index (Phi) is 5.09. The molecule has 88 valence electrons. The second kappa shape index (κ2) is 6.11. The highest BCUT2D eigenvalue weighted by Gasteiger charge is 2.27. The Morgan fingerprint density at radius 1 is 1.47 bits per heavy atom. The lowest BCUT2D eigenvalue weighted by Crippen LogP contribution is -2.50. The fourth-order valence-corrected chi connectivity index (χ4v) is 2.21. The molecule has 0 spiro atoms. The molecule has 2 atom stereocenters. The first-order valence-electron chi connectivity index (χ1n) is 6.21. The van der Waals surface area contributed by atoms with E-state index in [-0.39, 0.29) is 6.04 Å². The molecular weight excluding hydrogens is 188 g/mol. The summed E-state index contributed by atoms with van der Waals surface area (Å²) in [6, 6.07) is 0.0697. The second-order valence-corrected chi connectivity index (χ2v) is 4.55. The van der Waals surface area contributed by atoms with E-state index in [0.717, 1.165) is 32.5 Å². The van der Waals surface area contributed by atoms with Crippen molar-refractivity contribution in [1.82, 2.24) is 10.2 Å². The van der Waals surface area contributed by atoms with Gasteiger partial charge in [-0.05, 0) is 38.6 Å². The van der Waals surface area contributed by atoms with Gasteiger partial charge >= 0.3 is 0 Å². The van der Waals surface area contributed by atoms with Crippen LogP contribution in [0.25, 0.3) is 0 Å². The summed E-state index contributed by atoms with van der Waals surface area (Å²) in [5.41, 5.74) is 0. The van der Waals surface area contributed by atoms with Crippen LogP contribution in [0.1, 0.15) is 40.0 Å². The Bertz CT molecular complexity index is 206. The van der Waals surface area contributed by atoms with Crippen molar-refractivity contribution < 1.29 is 4.79 Å². The molecule has 1 aliphatic heterocycles. The summed E-state index contributed by atoms with van der Waals surface area (Å²) in [6.07, 6.45) is 3.24. The van der Waals surface area contributed by atoms with Gasteiger partial charge in [-0.1, -0.05) is 13.8 Å². The van der Waals surface area contributed by atoms with Gasteiger partial charge in [-0.3, -0.25) is 4.79 Å². The minimum atomic E-state index is 0.0697. The third-order valence-corrected chi connectivity index (χ3v) is 3.15. The normalized spacial score (nSPS) is 26.3. The summed E-state index contributed by atoms with van der Waals surface area (Å²) >= 11 is 0. The number of piperidine rings is 1. The number of hydrogen-bond donors (Lipinski definition) is 1. The van der Waals surface area contributed by atoms with Crippen molar-refractivity contribution in [2.24, 2.45) is 5.92 Å². The maximum atomic E-state index is 12.1. The number of rotatable bonds is 4. The average molecular weight is 212 g/mol. The van der Waals surface area contributed by atoms with Gasteiger partial charge in [-0.15, -0.1) is 0 Å². The minimum Gasteiger partial charge on any atom is -0.342 e. The Labute approximate surface area is 93.2 Å². The topological polar surface area (TPSA) is 32.3 Å². The van der Waals surface area contributed by atoms with Crippen LogP contribution in [0.2, 0.25) is 0 Å². The zero-order valence-electron chi connectivity index (χ0n) is 10.3. The first-order chi connectivity index (χ1) is 7.19. The molecule has 3 nitrogen and oxygen atoms in total.